The summed E-state index contributed by atoms with van der Waals surface area (Å²) in [6, 6.07) is 6.27. The molecule has 3 rings (SSSR count). The molecule has 1 aromatic carbocycles. The van der Waals surface area contributed by atoms with Crippen LogP contribution in [0.1, 0.15) is 56.9 Å². The van der Waals surface area contributed by atoms with Crippen LogP contribution in [-0.4, -0.2) is 60.5 Å². The van der Waals surface area contributed by atoms with E-state index in [4.69, 9.17) is 0 Å². The van der Waals surface area contributed by atoms with Crippen molar-refractivity contribution in [2.75, 3.05) is 18.6 Å². The second kappa shape index (κ2) is 10.2. The maximum atomic E-state index is 13.6. The fourth-order valence-electron chi connectivity index (χ4n) is 4.30. The number of hydrogen-bond acceptors (Lipinski definition) is 5. The first kappa shape index (κ1) is 27.0. The van der Waals surface area contributed by atoms with Crippen molar-refractivity contribution >= 4 is 32.6 Å². The van der Waals surface area contributed by atoms with E-state index in [9.17, 15) is 26.8 Å². The number of fused-ring (bicyclic) bond motifs is 1. The van der Waals surface area contributed by atoms with Crippen LogP contribution in [0, 0.1) is 11.3 Å². The molecule has 1 saturated carbocycles. The minimum absolute atomic E-state index is 0.0387. The number of carbonyl (C=O) groups is 2. The molecule has 1 aliphatic rings. The van der Waals surface area contributed by atoms with Gasteiger partial charge in [-0.1, -0.05) is 39.0 Å². The van der Waals surface area contributed by atoms with Crippen molar-refractivity contribution in [1.29, 1.82) is 0 Å². The van der Waals surface area contributed by atoms with E-state index in [2.05, 4.69) is 15.7 Å². The average molecular weight is 513 g/mol. The van der Waals surface area contributed by atoms with E-state index in [-0.39, 0.29) is 36.8 Å². The van der Waals surface area contributed by atoms with E-state index < -0.39 is 39.0 Å². The van der Waals surface area contributed by atoms with Gasteiger partial charge < -0.3 is 10.6 Å². The zero-order valence-electron chi connectivity index (χ0n) is 20.6. The van der Waals surface area contributed by atoms with Crippen LogP contribution in [0.2, 0.25) is 0 Å². The van der Waals surface area contributed by atoms with Gasteiger partial charge in [0.1, 0.15) is 15.9 Å². The van der Waals surface area contributed by atoms with Crippen molar-refractivity contribution in [3.63, 3.8) is 0 Å². The van der Waals surface area contributed by atoms with E-state index in [1.165, 1.54) is 0 Å². The number of nitrogens with zero attached hydrogens (tertiary/aromatic N) is 2. The van der Waals surface area contributed by atoms with Crippen LogP contribution in [-0.2, 0) is 21.2 Å². The summed E-state index contributed by atoms with van der Waals surface area (Å²) in [7, 11) is -3.24. The van der Waals surface area contributed by atoms with Gasteiger partial charge >= 0.3 is 0 Å². The van der Waals surface area contributed by atoms with Crippen molar-refractivity contribution < 1.29 is 26.8 Å². The second-order valence-electron chi connectivity index (χ2n) is 10.5. The standard InChI is InChI=1S/C24H34F2N4O4S/c1-23(2,3)20(22(32)27-13-14-35(4,33)34)28-21(31)19-17-7-5-6-8-18(17)30(29-19)15-16-9-11-24(25,26)12-10-16/h5-8,16,20H,9-15H2,1-4H3,(H,27,32)(H,28,31)/t20-/m1/s1. The van der Waals surface area contributed by atoms with Crippen molar-refractivity contribution in [3.8, 4) is 0 Å². The molecule has 0 saturated heterocycles. The number of benzene rings is 1. The van der Waals surface area contributed by atoms with E-state index in [1.807, 2.05) is 12.1 Å². The summed E-state index contributed by atoms with van der Waals surface area (Å²) in [6.07, 6.45) is 1.57. The number of rotatable bonds is 8. The summed E-state index contributed by atoms with van der Waals surface area (Å²) in [5.41, 5.74) is 0.219. The maximum absolute atomic E-state index is 13.6. The maximum Gasteiger partial charge on any atom is 0.273 e. The Hall–Kier alpha value is -2.56. The number of sulfone groups is 1. The van der Waals surface area contributed by atoms with E-state index >= 15 is 0 Å². The Morgan fingerprint density at radius 2 is 1.83 bits per heavy atom. The quantitative estimate of drug-likeness (QED) is 0.565. The third-order valence-electron chi connectivity index (χ3n) is 6.32. The molecule has 0 spiro atoms. The Bertz CT molecular complexity index is 1180. The summed E-state index contributed by atoms with van der Waals surface area (Å²) >= 11 is 0. The SMILES string of the molecule is CC(C)(C)[C@H](NC(=O)c1nn(CC2CCC(F)(F)CC2)c2ccccc12)C(=O)NCCS(C)(=O)=O. The first-order chi connectivity index (χ1) is 16.2. The number of carbonyl (C=O) groups excluding carboxylic acids is 2. The van der Waals surface area contributed by atoms with Crippen LogP contribution in [0.15, 0.2) is 24.3 Å². The Labute approximate surface area is 204 Å². The minimum atomic E-state index is -3.24. The molecular weight excluding hydrogens is 478 g/mol. The van der Waals surface area contributed by atoms with Gasteiger partial charge in [-0.3, -0.25) is 14.3 Å². The van der Waals surface area contributed by atoms with Crippen molar-refractivity contribution in [2.45, 2.75) is 65.0 Å². The molecule has 0 aliphatic heterocycles. The summed E-state index contributed by atoms with van der Waals surface area (Å²) in [6.45, 7) is 5.76. The summed E-state index contributed by atoms with van der Waals surface area (Å²) in [5, 5.41) is 10.5. The van der Waals surface area contributed by atoms with E-state index in [0.717, 1.165) is 11.8 Å². The van der Waals surface area contributed by atoms with Gasteiger partial charge in [0, 0.05) is 37.6 Å². The third kappa shape index (κ3) is 7.22. The Morgan fingerprint density at radius 1 is 1.20 bits per heavy atom. The topological polar surface area (TPSA) is 110 Å². The molecule has 1 heterocycles. The molecule has 1 aliphatic carbocycles. The van der Waals surface area contributed by atoms with Gasteiger partial charge in [0.25, 0.3) is 5.91 Å². The highest BCUT2D eigenvalue weighted by molar-refractivity contribution is 7.90. The first-order valence-electron chi connectivity index (χ1n) is 11.8. The van der Waals surface area contributed by atoms with Gasteiger partial charge in [-0.25, -0.2) is 17.2 Å². The Morgan fingerprint density at radius 3 is 2.43 bits per heavy atom. The zero-order valence-corrected chi connectivity index (χ0v) is 21.4. The number of amides is 2. The molecule has 0 bridgehead atoms. The number of nitrogens with one attached hydrogen (secondary N) is 2. The van der Waals surface area contributed by atoms with Crippen LogP contribution in [0.5, 0.6) is 0 Å². The van der Waals surface area contributed by atoms with Crippen LogP contribution < -0.4 is 10.6 Å². The highest BCUT2D eigenvalue weighted by Crippen LogP contribution is 2.37. The zero-order chi connectivity index (χ0) is 26.0. The largest absolute Gasteiger partial charge is 0.353 e. The highest BCUT2D eigenvalue weighted by Gasteiger charge is 2.36. The van der Waals surface area contributed by atoms with Crippen molar-refractivity contribution in [2.24, 2.45) is 11.3 Å². The lowest BCUT2D eigenvalue weighted by atomic mass is 9.86. The van der Waals surface area contributed by atoms with Crippen LogP contribution >= 0.6 is 0 Å². The molecule has 11 heteroatoms. The molecule has 2 amide bonds. The number of halogens is 2. The lowest BCUT2D eigenvalue weighted by Crippen LogP contribution is -2.54. The minimum Gasteiger partial charge on any atom is -0.353 e. The first-order valence-corrected chi connectivity index (χ1v) is 13.8. The van der Waals surface area contributed by atoms with Gasteiger partial charge in [0.2, 0.25) is 11.8 Å². The average Bonchev–Trinajstić information content (AvgIpc) is 3.10. The van der Waals surface area contributed by atoms with Crippen LogP contribution in [0.25, 0.3) is 10.9 Å². The summed E-state index contributed by atoms with van der Waals surface area (Å²) < 4.78 is 51.6. The number of aromatic nitrogens is 2. The van der Waals surface area contributed by atoms with Gasteiger partial charge in [-0.05, 0) is 30.2 Å². The van der Waals surface area contributed by atoms with Crippen LogP contribution in [0.3, 0.4) is 0 Å². The predicted octanol–water partition coefficient (Wildman–Crippen LogP) is 3.17. The Balaban J connectivity index is 1.79. The number of para-hydroxylation sites is 1. The monoisotopic (exact) mass is 512 g/mol. The van der Waals surface area contributed by atoms with Crippen molar-refractivity contribution in [3.05, 3.63) is 30.0 Å². The van der Waals surface area contributed by atoms with E-state index in [1.54, 1.807) is 37.6 Å². The van der Waals surface area contributed by atoms with Crippen molar-refractivity contribution in [1.82, 2.24) is 20.4 Å². The van der Waals surface area contributed by atoms with Gasteiger partial charge in [-0.15, -0.1) is 0 Å². The lowest BCUT2D eigenvalue weighted by molar-refractivity contribution is -0.125. The molecule has 2 aromatic rings. The second-order valence-corrected chi connectivity index (χ2v) is 12.8. The van der Waals surface area contributed by atoms with Gasteiger partial charge in [-0.2, -0.15) is 5.10 Å². The molecule has 194 valence electrons. The predicted molar refractivity (Wildman–Crippen MR) is 130 cm³/mol. The molecule has 2 N–H and O–H groups in total. The Kier molecular flexibility index (Phi) is 7.88. The molecule has 35 heavy (non-hydrogen) atoms. The number of alkyl halides is 2. The molecule has 0 unspecified atom stereocenters. The highest BCUT2D eigenvalue weighted by atomic mass is 32.2. The molecule has 0 radical (unpaired) electrons. The number of hydrogen-bond donors (Lipinski definition) is 2. The van der Waals surface area contributed by atoms with Gasteiger partial charge in [0.15, 0.2) is 5.69 Å². The fraction of sp³-hybridized carbons (Fsp3) is 0.625. The molecule has 1 aromatic heterocycles. The summed E-state index contributed by atoms with van der Waals surface area (Å²) in [5.74, 6) is -3.80. The fourth-order valence-corrected chi connectivity index (χ4v) is 4.77. The smallest absolute Gasteiger partial charge is 0.273 e. The normalized spacial score (nSPS) is 17.8. The molecule has 8 nitrogen and oxygen atoms in total. The van der Waals surface area contributed by atoms with Crippen LogP contribution in [0.4, 0.5) is 8.78 Å². The van der Waals surface area contributed by atoms with E-state index in [0.29, 0.717) is 24.8 Å². The molecular formula is C24H34F2N4O4S. The molecule has 1 atom stereocenters. The third-order valence-corrected chi connectivity index (χ3v) is 7.26. The molecule has 1 fully saturated rings. The summed E-state index contributed by atoms with van der Waals surface area (Å²) in [4.78, 5) is 26.1. The van der Waals surface area contributed by atoms with Gasteiger partial charge in [0.05, 0.1) is 11.3 Å². The lowest BCUT2D eigenvalue weighted by Gasteiger charge is -2.30.